The molecule has 2 aliphatic rings. The lowest BCUT2D eigenvalue weighted by Gasteiger charge is -2.48. The number of hydrogen-bond donors (Lipinski definition) is 3. The number of pyridine rings is 1. The van der Waals surface area contributed by atoms with Crippen molar-refractivity contribution in [1.29, 1.82) is 0 Å². The van der Waals surface area contributed by atoms with Crippen molar-refractivity contribution in [2.75, 3.05) is 25.0 Å². The predicted octanol–water partition coefficient (Wildman–Crippen LogP) is 3.04. The summed E-state index contributed by atoms with van der Waals surface area (Å²) in [6.07, 6.45) is 7.06. The summed E-state index contributed by atoms with van der Waals surface area (Å²) in [5.74, 6) is 0.733. The second kappa shape index (κ2) is 8.77. The van der Waals surface area contributed by atoms with Gasteiger partial charge in [0.05, 0.1) is 23.0 Å². The first-order valence-corrected chi connectivity index (χ1v) is 12.1. The molecule has 1 saturated carbocycles. The minimum absolute atomic E-state index is 0.00989. The van der Waals surface area contributed by atoms with Crippen LogP contribution in [-0.2, 0) is 10.4 Å². The Labute approximate surface area is 191 Å². The second-order valence-electron chi connectivity index (χ2n) is 9.08. The maximum absolute atomic E-state index is 12.5. The van der Waals surface area contributed by atoms with E-state index < -0.39 is 5.60 Å². The molecule has 0 atom stereocenters. The largest absolute Gasteiger partial charge is 0.384 e. The molecule has 168 valence electrons. The number of carbonyl (C=O) groups is 1. The topological polar surface area (TPSA) is 90.4 Å². The monoisotopic (exact) mass is 451 g/mol. The number of thiazole rings is 1. The molecule has 1 aliphatic heterocycles. The molecular formula is C24H29N5O2S. The van der Waals surface area contributed by atoms with Gasteiger partial charge in [-0.1, -0.05) is 17.7 Å². The van der Waals surface area contributed by atoms with Crippen LogP contribution in [0, 0.1) is 6.92 Å². The van der Waals surface area contributed by atoms with Crippen molar-refractivity contribution >= 4 is 33.8 Å². The molecule has 2 aromatic heterocycles. The zero-order valence-electron chi connectivity index (χ0n) is 18.3. The molecule has 32 heavy (non-hydrogen) atoms. The maximum atomic E-state index is 12.5. The third kappa shape index (κ3) is 4.35. The van der Waals surface area contributed by atoms with Crippen LogP contribution in [0.2, 0.25) is 0 Å². The highest BCUT2D eigenvalue weighted by atomic mass is 32.1. The molecule has 0 unspecified atom stereocenters. The van der Waals surface area contributed by atoms with Gasteiger partial charge in [0.15, 0.2) is 0 Å². The summed E-state index contributed by atoms with van der Waals surface area (Å²) in [7, 11) is 0. The quantitative estimate of drug-likeness (QED) is 0.534. The summed E-state index contributed by atoms with van der Waals surface area (Å²) in [5, 5.41) is 19.4. The number of nitrogens with one attached hydrogen (secondary N) is 2. The van der Waals surface area contributed by atoms with E-state index in [2.05, 4.69) is 50.6 Å². The molecule has 2 fully saturated rings. The van der Waals surface area contributed by atoms with Gasteiger partial charge in [0.1, 0.15) is 11.4 Å². The Morgan fingerprint density at radius 1 is 1.28 bits per heavy atom. The van der Waals surface area contributed by atoms with Gasteiger partial charge in [-0.3, -0.25) is 14.7 Å². The SMILES string of the molecule is Cc1ccc2ccnc(NCC(=O)NC3CN([C@H]4CC[C@](O)(c5cncs5)CC4)C3)c2c1. The number of anilines is 1. The predicted molar refractivity (Wildman–Crippen MR) is 127 cm³/mol. The van der Waals surface area contributed by atoms with Gasteiger partial charge in [-0.25, -0.2) is 4.98 Å². The zero-order valence-corrected chi connectivity index (χ0v) is 19.1. The average Bonchev–Trinajstić information content (AvgIpc) is 3.31. The van der Waals surface area contributed by atoms with Gasteiger partial charge in [-0.2, -0.15) is 0 Å². The van der Waals surface area contributed by atoms with Crippen LogP contribution in [0.1, 0.15) is 36.1 Å². The Morgan fingerprint density at radius 2 is 2.09 bits per heavy atom. The maximum Gasteiger partial charge on any atom is 0.239 e. The Morgan fingerprint density at radius 3 is 2.84 bits per heavy atom. The van der Waals surface area contributed by atoms with Crippen molar-refractivity contribution in [2.45, 2.75) is 50.3 Å². The van der Waals surface area contributed by atoms with Crippen molar-refractivity contribution in [3.05, 3.63) is 52.6 Å². The van der Waals surface area contributed by atoms with E-state index >= 15 is 0 Å². The Balaban J connectivity index is 1.07. The Bertz CT molecular complexity index is 1090. The zero-order chi connectivity index (χ0) is 22.1. The van der Waals surface area contributed by atoms with Gasteiger partial charge in [0.25, 0.3) is 0 Å². The van der Waals surface area contributed by atoms with Crippen LogP contribution in [0.4, 0.5) is 5.82 Å². The first-order chi connectivity index (χ1) is 15.5. The third-order valence-corrected chi connectivity index (χ3v) is 7.77. The number of carbonyl (C=O) groups excluding carboxylic acids is 1. The standard InChI is InChI=1S/C24H29N5O2S/c1-16-2-3-17-6-9-26-23(20(17)10-16)27-12-22(30)28-18-13-29(14-18)19-4-7-24(31,8-5-19)21-11-25-15-32-21/h2-3,6,9-11,15,18-19,31H,4-5,7-8,12-14H2,1H3,(H,26,27)(H,28,30)/t19-,24+. The summed E-state index contributed by atoms with van der Waals surface area (Å²) in [6, 6.07) is 8.89. The number of fused-ring (bicyclic) bond motifs is 1. The van der Waals surface area contributed by atoms with Crippen LogP contribution < -0.4 is 10.6 Å². The Kier molecular flexibility index (Phi) is 5.84. The van der Waals surface area contributed by atoms with Crippen molar-refractivity contribution in [3.8, 4) is 0 Å². The summed E-state index contributed by atoms with van der Waals surface area (Å²) >= 11 is 1.54. The van der Waals surface area contributed by atoms with E-state index in [9.17, 15) is 9.90 Å². The van der Waals surface area contributed by atoms with E-state index in [1.54, 1.807) is 17.9 Å². The van der Waals surface area contributed by atoms with Crippen LogP contribution in [0.15, 0.2) is 42.2 Å². The number of aromatic nitrogens is 2. The van der Waals surface area contributed by atoms with E-state index in [1.165, 1.54) is 16.9 Å². The molecule has 0 spiro atoms. The lowest BCUT2D eigenvalue weighted by molar-refractivity contribution is -0.121. The minimum Gasteiger partial charge on any atom is -0.384 e. The lowest BCUT2D eigenvalue weighted by atomic mass is 9.80. The van der Waals surface area contributed by atoms with Gasteiger partial charge < -0.3 is 15.7 Å². The lowest BCUT2D eigenvalue weighted by Crippen LogP contribution is -2.63. The minimum atomic E-state index is -0.712. The molecule has 0 bridgehead atoms. The number of aliphatic hydroxyl groups is 1. The molecule has 3 N–H and O–H groups in total. The molecule has 5 rings (SSSR count). The van der Waals surface area contributed by atoms with E-state index in [-0.39, 0.29) is 18.5 Å². The van der Waals surface area contributed by atoms with Crippen LogP contribution in [0.25, 0.3) is 10.8 Å². The van der Waals surface area contributed by atoms with Gasteiger partial charge in [-0.15, -0.1) is 11.3 Å². The summed E-state index contributed by atoms with van der Waals surface area (Å²) in [6.45, 7) is 4.02. The molecule has 3 heterocycles. The highest BCUT2D eigenvalue weighted by molar-refractivity contribution is 7.09. The highest BCUT2D eigenvalue weighted by Crippen LogP contribution is 2.40. The molecule has 8 heteroatoms. The van der Waals surface area contributed by atoms with Crippen LogP contribution in [0.5, 0.6) is 0 Å². The highest BCUT2D eigenvalue weighted by Gasteiger charge is 2.40. The van der Waals surface area contributed by atoms with Gasteiger partial charge in [-0.05, 0) is 50.1 Å². The van der Waals surface area contributed by atoms with Crippen LogP contribution >= 0.6 is 11.3 Å². The van der Waals surface area contributed by atoms with Gasteiger partial charge >= 0.3 is 0 Å². The summed E-state index contributed by atoms with van der Waals surface area (Å²) in [5.41, 5.74) is 2.24. The number of hydrogen-bond acceptors (Lipinski definition) is 7. The van der Waals surface area contributed by atoms with Crippen LogP contribution in [-0.4, -0.2) is 57.6 Å². The number of amides is 1. The fourth-order valence-electron chi connectivity index (χ4n) is 4.91. The third-order valence-electron chi connectivity index (χ3n) is 6.80. The fraction of sp³-hybridized carbons (Fsp3) is 0.458. The molecule has 0 radical (unpaired) electrons. The van der Waals surface area contributed by atoms with Crippen molar-refractivity contribution in [1.82, 2.24) is 20.2 Å². The molecule has 7 nitrogen and oxygen atoms in total. The van der Waals surface area contributed by atoms with E-state index in [4.69, 9.17) is 0 Å². The smallest absolute Gasteiger partial charge is 0.239 e. The average molecular weight is 452 g/mol. The van der Waals surface area contributed by atoms with Gasteiger partial charge in [0.2, 0.25) is 5.91 Å². The van der Waals surface area contributed by atoms with Crippen molar-refractivity contribution < 1.29 is 9.90 Å². The van der Waals surface area contributed by atoms with Crippen molar-refractivity contribution in [3.63, 3.8) is 0 Å². The van der Waals surface area contributed by atoms with Crippen molar-refractivity contribution in [2.24, 2.45) is 0 Å². The van der Waals surface area contributed by atoms with E-state index in [0.29, 0.717) is 6.04 Å². The molecule has 1 aliphatic carbocycles. The number of likely N-dealkylation sites (tertiary alicyclic amines) is 1. The first kappa shape index (κ1) is 21.3. The van der Waals surface area contributed by atoms with E-state index in [1.807, 2.05) is 6.07 Å². The number of benzene rings is 1. The number of aryl methyl sites for hydroxylation is 1. The first-order valence-electron chi connectivity index (χ1n) is 11.2. The van der Waals surface area contributed by atoms with E-state index in [0.717, 1.165) is 60.2 Å². The number of nitrogens with zero attached hydrogens (tertiary/aromatic N) is 3. The fourth-order valence-corrected chi connectivity index (χ4v) is 5.69. The second-order valence-corrected chi connectivity index (χ2v) is 9.97. The molecule has 1 saturated heterocycles. The molecule has 1 aromatic carbocycles. The summed E-state index contributed by atoms with van der Waals surface area (Å²) < 4.78 is 0. The Hall–Kier alpha value is -2.55. The van der Waals surface area contributed by atoms with Crippen LogP contribution in [0.3, 0.4) is 0 Å². The molecule has 1 amide bonds. The summed E-state index contributed by atoms with van der Waals surface area (Å²) in [4.78, 5) is 24.4. The normalized spacial score (nSPS) is 24.2. The number of rotatable bonds is 6. The molecule has 3 aromatic rings. The molecular weight excluding hydrogens is 422 g/mol. The van der Waals surface area contributed by atoms with Gasteiger partial charge in [0, 0.05) is 36.9 Å².